The second-order valence-electron chi connectivity index (χ2n) is 8.79. The van der Waals surface area contributed by atoms with Gasteiger partial charge in [0.05, 0.1) is 24.6 Å². The molecule has 3 heterocycles. The van der Waals surface area contributed by atoms with Crippen molar-refractivity contribution in [1.82, 2.24) is 9.80 Å². The van der Waals surface area contributed by atoms with Crippen LogP contribution in [0, 0.1) is 6.92 Å². The van der Waals surface area contributed by atoms with Crippen molar-refractivity contribution >= 4 is 34.9 Å². The summed E-state index contributed by atoms with van der Waals surface area (Å²) in [6, 6.07) is 17.7. The topological polar surface area (TPSA) is 88.2 Å². The third-order valence-electron chi connectivity index (χ3n) is 6.50. The zero-order valence-electron chi connectivity index (χ0n) is 19.9. The van der Waals surface area contributed by atoms with Gasteiger partial charge in [0.15, 0.2) is 12.1 Å². The number of benzene rings is 2. The summed E-state index contributed by atoms with van der Waals surface area (Å²) in [5, 5.41) is 4.72. The van der Waals surface area contributed by atoms with Crippen molar-refractivity contribution < 1.29 is 23.9 Å². The molecule has 2 unspecified atom stereocenters. The molecule has 2 fully saturated rings. The van der Waals surface area contributed by atoms with E-state index < -0.39 is 18.2 Å². The van der Waals surface area contributed by atoms with Gasteiger partial charge in [-0.15, -0.1) is 11.3 Å². The number of hydrogen-bond acceptors (Lipinski definition) is 6. The van der Waals surface area contributed by atoms with Crippen molar-refractivity contribution in [3.8, 4) is 0 Å². The molecule has 2 aliphatic rings. The Hall–Kier alpha value is -3.69. The highest BCUT2D eigenvalue weighted by molar-refractivity contribution is 7.12. The van der Waals surface area contributed by atoms with Gasteiger partial charge in [-0.25, -0.2) is 4.79 Å². The van der Waals surface area contributed by atoms with Crippen LogP contribution in [0.3, 0.4) is 0 Å². The number of aryl methyl sites for hydroxylation is 1. The van der Waals surface area contributed by atoms with Crippen molar-refractivity contribution in [2.75, 3.05) is 31.6 Å². The lowest BCUT2D eigenvalue weighted by Gasteiger charge is -2.33. The molecule has 3 aromatic rings. The SMILES string of the molecule is Cc1ccccc1CN1C(=O)OC(c2ccc(NC(=O)c3cccs3)cc2)C1C(=O)N1CCOCC1. The first-order valence-electron chi connectivity index (χ1n) is 11.8. The molecule has 0 aliphatic carbocycles. The molecule has 36 heavy (non-hydrogen) atoms. The van der Waals surface area contributed by atoms with Crippen molar-refractivity contribution in [2.24, 2.45) is 0 Å². The van der Waals surface area contributed by atoms with Crippen LogP contribution in [-0.2, 0) is 20.8 Å². The molecule has 2 saturated heterocycles. The molecular formula is C27H27N3O5S. The van der Waals surface area contributed by atoms with Crippen LogP contribution < -0.4 is 5.32 Å². The van der Waals surface area contributed by atoms with E-state index in [1.807, 2.05) is 42.6 Å². The maximum Gasteiger partial charge on any atom is 0.411 e. The minimum Gasteiger partial charge on any atom is -0.438 e. The maximum atomic E-state index is 13.7. The fourth-order valence-corrected chi connectivity index (χ4v) is 5.11. The molecule has 5 rings (SSSR count). The van der Waals surface area contributed by atoms with Crippen molar-refractivity contribution in [3.63, 3.8) is 0 Å². The van der Waals surface area contributed by atoms with Crippen LogP contribution in [-0.4, -0.2) is 60.1 Å². The Morgan fingerprint density at radius 3 is 2.47 bits per heavy atom. The Balaban J connectivity index is 1.40. The van der Waals surface area contributed by atoms with Gasteiger partial charge in [0, 0.05) is 18.8 Å². The summed E-state index contributed by atoms with van der Waals surface area (Å²) in [6.45, 7) is 4.14. The van der Waals surface area contributed by atoms with Crippen molar-refractivity contribution in [3.05, 3.63) is 87.6 Å². The maximum absolute atomic E-state index is 13.7. The Morgan fingerprint density at radius 2 is 1.78 bits per heavy atom. The third-order valence-corrected chi connectivity index (χ3v) is 7.37. The molecule has 0 saturated carbocycles. The van der Waals surface area contributed by atoms with Crippen LogP contribution in [0.1, 0.15) is 32.5 Å². The summed E-state index contributed by atoms with van der Waals surface area (Å²) in [5.74, 6) is -0.340. The van der Waals surface area contributed by atoms with Crippen LogP contribution in [0.15, 0.2) is 66.0 Å². The summed E-state index contributed by atoms with van der Waals surface area (Å²) in [5.41, 5.74) is 3.31. The Morgan fingerprint density at radius 1 is 1.03 bits per heavy atom. The number of anilines is 1. The van der Waals surface area contributed by atoms with E-state index in [-0.39, 0.29) is 18.4 Å². The minimum absolute atomic E-state index is 0.155. The molecule has 9 heteroatoms. The molecule has 186 valence electrons. The standard InChI is InChI=1S/C27H27N3O5S/c1-18-5-2-3-6-20(18)17-30-23(26(32)29-12-14-34-15-13-29)24(35-27(30)33)19-8-10-21(11-9-19)28-25(31)22-7-4-16-36-22/h2-11,16,23-24H,12-15,17H2,1H3,(H,28,31). The molecule has 3 amide bonds. The Bertz CT molecular complexity index is 1240. The summed E-state index contributed by atoms with van der Waals surface area (Å²) in [7, 11) is 0. The van der Waals surface area contributed by atoms with Gasteiger partial charge in [0.2, 0.25) is 5.91 Å². The van der Waals surface area contributed by atoms with Crippen LogP contribution >= 0.6 is 11.3 Å². The number of ether oxygens (including phenoxy) is 2. The molecular weight excluding hydrogens is 478 g/mol. The zero-order chi connectivity index (χ0) is 25.1. The van der Waals surface area contributed by atoms with E-state index in [4.69, 9.17) is 9.47 Å². The molecule has 2 aromatic carbocycles. The molecule has 2 atom stereocenters. The summed E-state index contributed by atoms with van der Waals surface area (Å²) >= 11 is 1.37. The van der Waals surface area contributed by atoms with E-state index in [1.54, 1.807) is 35.2 Å². The largest absolute Gasteiger partial charge is 0.438 e. The van der Waals surface area contributed by atoms with Gasteiger partial charge in [-0.05, 0) is 47.2 Å². The highest BCUT2D eigenvalue weighted by atomic mass is 32.1. The van der Waals surface area contributed by atoms with E-state index in [0.717, 1.165) is 11.1 Å². The quantitative estimate of drug-likeness (QED) is 0.542. The Kier molecular flexibility index (Phi) is 7.02. The molecule has 0 bridgehead atoms. The van der Waals surface area contributed by atoms with Gasteiger partial charge in [-0.3, -0.25) is 14.5 Å². The van der Waals surface area contributed by atoms with E-state index in [0.29, 0.717) is 42.4 Å². The molecule has 0 radical (unpaired) electrons. The van der Waals surface area contributed by atoms with Crippen molar-refractivity contribution in [2.45, 2.75) is 25.6 Å². The van der Waals surface area contributed by atoms with Crippen LogP contribution in [0.5, 0.6) is 0 Å². The molecule has 8 nitrogen and oxygen atoms in total. The average molecular weight is 506 g/mol. The normalized spacial score (nSPS) is 19.8. The number of cyclic esters (lactones) is 1. The summed E-state index contributed by atoms with van der Waals surface area (Å²) in [4.78, 5) is 43.0. The number of carbonyl (C=O) groups excluding carboxylic acids is 3. The number of carbonyl (C=O) groups is 3. The number of morpholine rings is 1. The fraction of sp³-hybridized carbons (Fsp3) is 0.296. The van der Waals surface area contributed by atoms with Crippen molar-refractivity contribution in [1.29, 1.82) is 0 Å². The second kappa shape index (κ2) is 10.5. The molecule has 1 N–H and O–H groups in total. The van der Waals surface area contributed by atoms with E-state index in [1.165, 1.54) is 16.2 Å². The monoisotopic (exact) mass is 505 g/mol. The lowest BCUT2D eigenvalue weighted by Crippen LogP contribution is -2.51. The number of rotatable bonds is 6. The van der Waals surface area contributed by atoms with Gasteiger partial charge in [0.25, 0.3) is 5.91 Å². The number of amides is 3. The second-order valence-corrected chi connectivity index (χ2v) is 9.74. The highest BCUT2D eigenvalue weighted by Crippen LogP contribution is 2.36. The number of nitrogens with one attached hydrogen (secondary N) is 1. The molecule has 1 aromatic heterocycles. The highest BCUT2D eigenvalue weighted by Gasteiger charge is 2.48. The van der Waals surface area contributed by atoms with Gasteiger partial charge in [-0.2, -0.15) is 0 Å². The van der Waals surface area contributed by atoms with Gasteiger partial charge in [0.1, 0.15) is 0 Å². The average Bonchev–Trinajstić information content (AvgIpc) is 3.55. The van der Waals surface area contributed by atoms with E-state index >= 15 is 0 Å². The van der Waals surface area contributed by atoms with Crippen LogP contribution in [0.2, 0.25) is 0 Å². The number of hydrogen-bond donors (Lipinski definition) is 1. The first kappa shape index (κ1) is 24.0. The van der Waals surface area contributed by atoms with Gasteiger partial charge in [-0.1, -0.05) is 42.5 Å². The summed E-state index contributed by atoms with van der Waals surface area (Å²) in [6.07, 6.45) is -1.29. The smallest absolute Gasteiger partial charge is 0.411 e. The first-order valence-corrected chi connectivity index (χ1v) is 12.7. The minimum atomic E-state index is -0.804. The number of thiophene rings is 1. The fourth-order valence-electron chi connectivity index (χ4n) is 4.49. The predicted octanol–water partition coefficient (Wildman–Crippen LogP) is 4.23. The van der Waals surface area contributed by atoms with Crippen LogP contribution in [0.4, 0.5) is 10.5 Å². The molecule has 2 aliphatic heterocycles. The number of nitrogens with zero attached hydrogens (tertiary/aromatic N) is 2. The van der Waals surface area contributed by atoms with Crippen LogP contribution in [0.25, 0.3) is 0 Å². The van der Waals surface area contributed by atoms with E-state index in [2.05, 4.69) is 5.32 Å². The van der Waals surface area contributed by atoms with E-state index in [9.17, 15) is 14.4 Å². The van der Waals surface area contributed by atoms with Gasteiger partial charge < -0.3 is 19.7 Å². The molecule has 0 spiro atoms. The first-order chi connectivity index (χ1) is 17.5. The predicted molar refractivity (Wildman–Crippen MR) is 136 cm³/mol. The zero-order valence-corrected chi connectivity index (χ0v) is 20.7. The third kappa shape index (κ3) is 4.98. The summed E-state index contributed by atoms with van der Waals surface area (Å²) < 4.78 is 11.2. The lowest BCUT2D eigenvalue weighted by molar-refractivity contribution is -0.141. The van der Waals surface area contributed by atoms with Gasteiger partial charge >= 0.3 is 6.09 Å². The lowest BCUT2D eigenvalue weighted by atomic mass is 9.99. The Labute approximate surface area is 213 Å².